The standard InChI is InChI=1S/C61H118O17P2/c1-6-9-12-15-17-30-35-40-45-59(64)72-51-57(78-61(66)47-42-37-32-28-26-24-22-20-19-21-23-25-27-29-34-38-43-54(4)5)53-76-80(69,70)74-49-55(62)48-73-79(67,68)75-52-56(50-71-58(63)44-39-33-14-11-8-3)77-60(65)46-41-36-31-18-16-13-10-7-2/h54-57,62H,6-53H2,1-5H3,(H,67,68)(H,69,70)/t55-,56+,57+/m0/s1. The van der Waals surface area contributed by atoms with Crippen molar-refractivity contribution in [2.75, 3.05) is 39.6 Å². The lowest BCUT2D eigenvalue weighted by Gasteiger charge is -2.21. The summed E-state index contributed by atoms with van der Waals surface area (Å²) in [4.78, 5) is 71.6. The highest BCUT2D eigenvalue weighted by atomic mass is 31.2. The second kappa shape index (κ2) is 55.0. The van der Waals surface area contributed by atoms with Crippen LogP contribution in [0.2, 0.25) is 0 Å². The van der Waals surface area contributed by atoms with Gasteiger partial charge >= 0.3 is 39.5 Å². The number of rotatable bonds is 61. The number of aliphatic hydroxyl groups is 1. The van der Waals surface area contributed by atoms with Crippen LogP contribution in [0.1, 0.15) is 304 Å². The molecule has 0 aromatic carbocycles. The molecule has 0 saturated carbocycles. The molecule has 3 N–H and O–H groups in total. The van der Waals surface area contributed by atoms with Gasteiger partial charge in [0.1, 0.15) is 19.3 Å². The lowest BCUT2D eigenvalue weighted by Crippen LogP contribution is -2.30. The molecular formula is C61H118O17P2. The van der Waals surface area contributed by atoms with Crippen LogP contribution in [0.15, 0.2) is 0 Å². The van der Waals surface area contributed by atoms with Gasteiger partial charge in [0.15, 0.2) is 12.2 Å². The van der Waals surface area contributed by atoms with Crippen molar-refractivity contribution in [1.29, 1.82) is 0 Å². The molecule has 0 aliphatic rings. The minimum absolute atomic E-state index is 0.104. The van der Waals surface area contributed by atoms with Crippen LogP contribution in [-0.2, 0) is 65.4 Å². The van der Waals surface area contributed by atoms with E-state index in [9.17, 15) is 43.2 Å². The van der Waals surface area contributed by atoms with Gasteiger partial charge in [-0.1, -0.05) is 253 Å². The van der Waals surface area contributed by atoms with E-state index < -0.39 is 97.5 Å². The fraction of sp³-hybridized carbons (Fsp3) is 0.934. The van der Waals surface area contributed by atoms with Crippen molar-refractivity contribution in [2.24, 2.45) is 5.92 Å². The number of carbonyl (C=O) groups excluding carboxylic acids is 4. The van der Waals surface area contributed by atoms with Gasteiger partial charge < -0.3 is 33.8 Å². The molecule has 0 bridgehead atoms. The number of aliphatic hydroxyl groups excluding tert-OH is 1. The molecule has 0 rings (SSSR count). The SMILES string of the molecule is CCCCCCCCCCC(=O)OC[C@H](COP(=O)(O)OC[C@@H](O)COP(=O)(O)OC[C@@H](COC(=O)CCCCCCC)OC(=O)CCCCCCCCCC)OC(=O)CCCCCCCCCCCCCCCCCCC(C)C. The van der Waals surface area contributed by atoms with Crippen molar-refractivity contribution in [2.45, 2.75) is 323 Å². The Hall–Kier alpha value is -1.94. The molecule has 19 heteroatoms. The average Bonchev–Trinajstić information content (AvgIpc) is 3.42. The predicted molar refractivity (Wildman–Crippen MR) is 317 cm³/mol. The molecule has 0 aromatic heterocycles. The second-order valence-corrected chi connectivity index (χ2v) is 25.5. The van der Waals surface area contributed by atoms with Gasteiger partial charge in [-0.05, 0) is 31.6 Å². The van der Waals surface area contributed by atoms with E-state index in [1.54, 1.807) is 0 Å². The molecule has 0 radical (unpaired) electrons. The third-order valence-electron chi connectivity index (χ3n) is 14.0. The highest BCUT2D eigenvalue weighted by Gasteiger charge is 2.30. The third kappa shape index (κ3) is 55.3. The first-order chi connectivity index (χ1) is 38.5. The van der Waals surface area contributed by atoms with Crippen molar-refractivity contribution in [3.8, 4) is 0 Å². The number of carbonyl (C=O) groups is 4. The largest absolute Gasteiger partial charge is 0.472 e. The first-order valence-electron chi connectivity index (χ1n) is 32.1. The van der Waals surface area contributed by atoms with Crippen LogP contribution in [-0.4, -0.2) is 96.7 Å². The number of hydrogen-bond acceptors (Lipinski definition) is 15. The molecule has 80 heavy (non-hydrogen) atoms. The highest BCUT2D eigenvalue weighted by molar-refractivity contribution is 7.47. The van der Waals surface area contributed by atoms with Gasteiger partial charge in [0.05, 0.1) is 26.4 Å². The van der Waals surface area contributed by atoms with E-state index in [1.165, 1.54) is 109 Å². The summed E-state index contributed by atoms with van der Waals surface area (Å²) in [6, 6.07) is 0. The van der Waals surface area contributed by atoms with Crippen molar-refractivity contribution in [3.05, 3.63) is 0 Å². The minimum atomic E-state index is -4.94. The summed E-state index contributed by atoms with van der Waals surface area (Å²) >= 11 is 0. The average molecular weight is 1190 g/mol. The summed E-state index contributed by atoms with van der Waals surface area (Å²) < 4.78 is 67.5. The highest BCUT2D eigenvalue weighted by Crippen LogP contribution is 2.45. The number of phosphoric ester groups is 2. The van der Waals surface area contributed by atoms with Crippen LogP contribution in [0.4, 0.5) is 0 Å². The van der Waals surface area contributed by atoms with E-state index in [4.69, 9.17) is 37.0 Å². The smallest absolute Gasteiger partial charge is 0.462 e. The molecule has 0 amide bonds. The van der Waals surface area contributed by atoms with Gasteiger partial charge in [-0.3, -0.25) is 37.3 Å². The Kier molecular flexibility index (Phi) is 53.6. The maximum absolute atomic E-state index is 12.9. The number of esters is 4. The zero-order chi connectivity index (χ0) is 59.2. The fourth-order valence-corrected chi connectivity index (χ4v) is 10.6. The molecule has 0 aromatic rings. The quantitative estimate of drug-likeness (QED) is 0.0222. The van der Waals surface area contributed by atoms with Gasteiger partial charge in [-0.2, -0.15) is 0 Å². The number of phosphoric acid groups is 2. The van der Waals surface area contributed by atoms with Crippen LogP contribution >= 0.6 is 15.6 Å². The van der Waals surface area contributed by atoms with Crippen LogP contribution in [0.3, 0.4) is 0 Å². The molecular weight excluding hydrogens is 1070 g/mol. The van der Waals surface area contributed by atoms with E-state index >= 15 is 0 Å². The van der Waals surface area contributed by atoms with Gasteiger partial charge in [0.2, 0.25) is 0 Å². The molecule has 474 valence electrons. The molecule has 2 unspecified atom stereocenters. The van der Waals surface area contributed by atoms with Crippen LogP contribution in [0.5, 0.6) is 0 Å². The van der Waals surface area contributed by atoms with Crippen molar-refractivity contribution in [3.63, 3.8) is 0 Å². The van der Waals surface area contributed by atoms with Gasteiger partial charge in [-0.15, -0.1) is 0 Å². The Bertz CT molecular complexity index is 1570. The molecule has 5 atom stereocenters. The molecule has 0 aliphatic heterocycles. The molecule has 0 spiro atoms. The lowest BCUT2D eigenvalue weighted by atomic mass is 10.0. The monoisotopic (exact) mass is 1180 g/mol. The Morgan fingerprint density at radius 1 is 0.338 bits per heavy atom. The first kappa shape index (κ1) is 78.1. The molecule has 17 nitrogen and oxygen atoms in total. The maximum atomic E-state index is 12.9. The minimum Gasteiger partial charge on any atom is -0.462 e. The summed E-state index contributed by atoms with van der Waals surface area (Å²) in [6.45, 7) is 7.06. The van der Waals surface area contributed by atoms with E-state index in [0.717, 1.165) is 115 Å². The van der Waals surface area contributed by atoms with Gasteiger partial charge in [-0.25, -0.2) is 9.13 Å². The Labute approximate surface area is 486 Å². The van der Waals surface area contributed by atoms with E-state index in [2.05, 4.69) is 34.6 Å². The van der Waals surface area contributed by atoms with Crippen LogP contribution in [0.25, 0.3) is 0 Å². The fourth-order valence-electron chi connectivity index (χ4n) is 9.05. The van der Waals surface area contributed by atoms with Crippen molar-refractivity contribution in [1.82, 2.24) is 0 Å². The zero-order valence-electron chi connectivity index (χ0n) is 51.2. The summed E-state index contributed by atoms with van der Waals surface area (Å²) in [6.07, 6.45) is 38.1. The zero-order valence-corrected chi connectivity index (χ0v) is 53.0. The topological polar surface area (TPSA) is 237 Å². The Balaban J connectivity index is 5.06. The molecule has 0 heterocycles. The van der Waals surface area contributed by atoms with Gasteiger partial charge in [0.25, 0.3) is 0 Å². The van der Waals surface area contributed by atoms with Gasteiger partial charge in [0, 0.05) is 25.7 Å². The summed E-state index contributed by atoms with van der Waals surface area (Å²) in [5.74, 6) is -1.34. The second-order valence-electron chi connectivity index (χ2n) is 22.6. The van der Waals surface area contributed by atoms with Crippen molar-refractivity contribution >= 4 is 39.5 Å². The predicted octanol–water partition coefficient (Wildman–Crippen LogP) is 16.6. The van der Waals surface area contributed by atoms with E-state index in [1.807, 2.05) is 0 Å². The van der Waals surface area contributed by atoms with E-state index in [0.29, 0.717) is 25.7 Å². The number of unbranched alkanes of at least 4 members (excludes halogenated alkanes) is 33. The molecule has 0 fully saturated rings. The molecule has 0 aliphatic carbocycles. The Morgan fingerprint density at radius 2 is 0.575 bits per heavy atom. The summed E-state index contributed by atoms with van der Waals surface area (Å²) in [5.41, 5.74) is 0. The Morgan fingerprint density at radius 3 is 0.850 bits per heavy atom. The molecule has 0 saturated heterocycles. The van der Waals surface area contributed by atoms with Crippen LogP contribution in [0, 0.1) is 5.92 Å². The first-order valence-corrected chi connectivity index (χ1v) is 35.1. The van der Waals surface area contributed by atoms with E-state index in [-0.39, 0.29) is 25.7 Å². The normalized spacial score (nSPS) is 14.3. The lowest BCUT2D eigenvalue weighted by molar-refractivity contribution is -0.161. The third-order valence-corrected chi connectivity index (χ3v) is 15.9. The maximum Gasteiger partial charge on any atom is 0.472 e. The van der Waals surface area contributed by atoms with Crippen molar-refractivity contribution < 1.29 is 80.2 Å². The summed E-state index contributed by atoms with van der Waals surface area (Å²) in [5, 5.41) is 10.5. The number of hydrogen-bond donors (Lipinski definition) is 3. The number of ether oxygens (including phenoxy) is 4. The van der Waals surface area contributed by atoms with Crippen LogP contribution < -0.4 is 0 Å². The summed E-state index contributed by atoms with van der Waals surface area (Å²) in [7, 11) is -9.86.